The van der Waals surface area contributed by atoms with Crippen molar-refractivity contribution in [2.24, 2.45) is 0 Å². The van der Waals surface area contributed by atoms with Crippen molar-refractivity contribution in [2.75, 3.05) is 7.05 Å². The lowest BCUT2D eigenvalue weighted by Crippen LogP contribution is -2.13. The molecule has 2 heterocycles. The fourth-order valence-electron chi connectivity index (χ4n) is 1.04. The van der Waals surface area contributed by atoms with E-state index in [0.717, 1.165) is 0 Å². The molecule has 0 aromatic carbocycles. The molecule has 0 aliphatic carbocycles. The van der Waals surface area contributed by atoms with Gasteiger partial charge in [-0.3, -0.25) is 0 Å². The van der Waals surface area contributed by atoms with Crippen molar-refractivity contribution in [2.45, 2.75) is 13.0 Å². The molecule has 2 aromatic rings. The summed E-state index contributed by atoms with van der Waals surface area (Å²) >= 11 is 0. The fraction of sp³-hybridized carbons (Fsp3) is 0.333. The van der Waals surface area contributed by atoms with Gasteiger partial charge < -0.3 is 14.3 Å². The lowest BCUT2D eigenvalue weighted by atomic mass is 10.3. The van der Waals surface area contributed by atoms with Crippen LogP contribution in [0.5, 0.6) is 0 Å². The van der Waals surface area contributed by atoms with Gasteiger partial charge in [0.1, 0.15) is 0 Å². The van der Waals surface area contributed by atoms with Crippen molar-refractivity contribution >= 4 is 0 Å². The number of nitrogens with zero attached hydrogens (tertiary/aromatic N) is 2. The molecule has 2 rings (SSSR count). The maximum Gasteiger partial charge on any atom is 0.293 e. The highest BCUT2D eigenvalue weighted by Gasteiger charge is 2.14. The van der Waals surface area contributed by atoms with Gasteiger partial charge in [0.2, 0.25) is 0 Å². The van der Waals surface area contributed by atoms with Gasteiger partial charge in [-0.15, -0.1) is 0 Å². The molecule has 0 aliphatic rings. The standard InChI is InChI=1S/C9H11N3O2/c1-6(10-2)8-11-9(14-12-8)7-4-3-5-13-7/h3-6,10H,1-2H3. The average Bonchev–Trinajstić information content (AvgIpc) is 2.86. The van der Waals surface area contributed by atoms with E-state index < -0.39 is 0 Å². The van der Waals surface area contributed by atoms with Gasteiger partial charge in [0.15, 0.2) is 11.6 Å². The summed E-state index contributed by atoms with van der Waals surface area (Å²) in [7, 11) is 1.84. The van der Waals surface area contributed by atoms with E-state index in [1.807, 2.05) is 14.0 Å². The summed E-state index contributed by atoms with van der Waals surface area (Å²) in [4.78, 5) is 4.19. The zero-order valence-corrected chi connectivity index (χ0v) is 8.02. The summed E-state index contributed by atoms with van der Waals surface area (Å²) in [6.07, 6.45) is 1.57. The Hall–Kier alpha value is -1.62. The minimum absolute atomic E-state index is 0.0717. The smallest absolute Gasteiger partial charge is 0.293 e. The second kappa shape index (κ2) is 3.63. The quantitative estimate of drug-likeness (QED) is 0.802. The van der Waals surface area contributed by atoms with Gasteiger partial charge in [-0.25, -0.2) is 0 Å². The highest BCUT2D eigenvalue weighted by atomic mass is 16.5. The molecule has 1 atom stereocenters. The van der Waals surface area contributed by atoms with Crippen LogP contribution in [0.25, 0.3) is 11.7 Å². The first-order valence-corrected chi connectivity index (χ1v) is 4.36. The second-order valence-electron chi connectivity index (χ2n) is 2.95. The predicted octanol–water partition coefficient (Wildman–Crippen LogP) is 1.61. The molecule has 0 amide bonds. The minimum Gasteiger partial charge on any atom is -0.459 e. The Bertz CT molecular complexity index is 394. The Kier molecular flexibility index (Phi) is 2.32. The first-order chi connectivity index (χ1) is 6.81. The Morgan fingerprint density at radius 2 is 2.36 bits per heavy atom. The van der Waals surface area contributed by atoms with Gasteiger partial charge >= 0.3 is 0 Å². The molecule has 0 spiro atoms. The van der Waals surface area contributed by atoms with E-state index in [-0.39, 0.29) is 6.04 Å². The van der Waals surface area contributed by atoms with Crippen LogP contribution >= 0.6 is 0 Å². The van der Waals surface area contributed by atoms with E-state index in [1.54, 1.807) is 18.4 Å². The van der Waals surface area contributed by atoms with Crippen LogP contribution in [0, 0.1) is 0 Å². The molecule has 0 aliphatic heterocycles. The summed E-state index contributed by atoms with van der Waals surface area (Å²) in [6.45, 7) is 1.96. The van der Waals surface area contributed by atoms with E-state index in [0.29, 0.717) is 17.5 Å². The van der Waals surface area contributed by atoms with Gasteiger partial charge in [-0.1, -0.05) is 5.16 Å². The van der Waals surface area contributed by atoms with E-state index in [9.17, 15) is 0 Å². The van der Waals surface area contributed by atoms with Crippen LogP contribution in [0.3, 0.4) is 0 Å². The molecule has 0 saturated heterocycles. The molecule has 5 heteroatoms. The number of aromatic nitrogens is 2. The molecule has 0 fully saturated rings. The molecule has 74 valence electrons. The number of rotatable bonds is 3. The van der Waals surface area contributed by atoms with Crippen molar-refractivity contribution in [3.05, 3.63) is 24.2 Å². The molecule has 2 aromatic heterocycles. The third-order valence-electron chi connectivity index (χ3n) is 1.99. The lowest BCUT2D eigenvalue weighted by Gasteiger charge is -2.01. The van der Waals surface area contributed by atoms with Crippen molar-refractivity contribution in [1.82, 2.24) is 15.5 Å². The summed E-state index contributed by atoms with van der Waals surface area (Å²) < 4.78 is 10.2. The first kappa shape index (κ1) is 8.96. The van der Waals surface area contributed by atoms with Crippen molar-refractivity contribution in [1.29, 1.82) is 0 Å². The highest BCUT2D eigenvalue weighted by molar-refractivity contribution is 5.42. The predicted molar refractivity (Wildman–Crippen MR) is 49.5 cm³/mol. The van der Waals surface area contributed by atoms with Crippen LogP contribution in [-0.2, 0) is 0 Å². The lowest BCUT2D eigenvalue weighted by molar-refractivity contribution is 0.401. The molecular formula is C9H11N3O2. The minimum atomic E-state index is 0.0717. The van der Waals surface area contributed by atoms with E-state index in [4.69, 9.17) is 8.94 Å². The number of hydrogen-bond donors (Lipinski definition) is 1. The zero-order valence-electron chi connectivity index (χ0n) is 8.02. The molecule has 0 radical (unpaired) electrons. The van der Waals surface area contributed by atoms with Crippen LogP contribution in [0.1, 0.15) is 18.8 Å². The second-order valence-corrected chi connectivity index (χ2v) is 2.95. The number of hydrogen-bond acceptors (Lipinski definition) is 5. The first-order valence-electron chi connectivity index (χ1n) is 4.36. The van der Waals surface area contributed by atoms with Gasteiger partial charge in [-0.05, 0) is 26.1 Å². The number of furan rings is 1. The van der Waals surface area contributed by atoms with Crippen molar-refractivity contribution in [3.63, 3.8) is 0 Å². The fourth-order valence-corrected chi connectivity index (χ4v) is 1.04. The molecule has 1 N–H and O–H groups in total. The molecule has 0 saturated carbocycles. The van der Waals surface area contributed by atoms with Crippen LogP contribution in [-0.4, -0.2) is 17.2 Å². The summed E-state index contributed by atoms with van der Waals surface area (Å²) in [5.41, 5.74) is 0. The van der Waals surface area contributed by atoms with E-state index in [1.165, 1.54) is 0 Å². The summed E-state index contributed by atoms with van der Waals surface area (Å²) in [5, 5.41) is 6.86. The van der Waals surface area contributed by atoms with Gasteiger partial charge in [-0.2, -0.15) is 4.98 Å². The van der Waals surface area contributed by atoms with Gasteiger partial charge in [0.25, 0.3) is 5.89 Å². The van der Waals surface area contributed by atoms with Crippen LogP contribution in [0.2, 0.25) is 0 Å². The Morgan fingerprint density at radius 1 is 1.50 bits per heavy atom. The average molecular weight is 193 g/mol. The van der Waals surface area contributed by atoms with E-state index in [2.05, 4.69) is 15.5 Å². The third kappa shape index (κ3) is 1.54. The molecular weight excluding hydrogens is 182 g/mol. The number of nitrogens with one attached hydrogen (secondary N) is 1. The normalized spacial score (nSPS) is 13.0. The van der Waals surface area contributed by atoms with Crippen molar-refractivity contribution in [3.8, 4) is 11.7 Å². The molecule has 1 unspecified atom stereocenters. The molecule has 14 heavy (non-hydrogen) atoms. The van der Waals surface area contributed by atoms with E-state index >= 15 is 0 Å². The van der Waals surface area contributed by atoms with Gasteiger partial charge in [0, 0.05) is 0 Å². The topological polar surface area (TPSA) is 64.1 Å². The van der Waals surface area contributed by atoms with Gasteiger partial charge in [0.05, 0.1) is 12.3 Å². The SMILES string of the molecule is CNC(C)c1noc(-c2ccco2)n1. The summed E-state index contributed by atoms with van der Waals surface area (Å²) in [5.74, 6) is 1.62. The maximum atomic E-state index is 5.13. The summed E-state index contributed by atoms with van der Waals surface area (Å²) in [6, 6.07) is 3.63. The van der Waals surface area contributed by atoms with Crippen molar-refractivity contribution < 1.29 is 8.94 Å². The maximum absolute atomic E-state index is 5.13. The Labute approximate surface area is 81.1 Å². The van der Waals surface area contributed by atoms with Crippen LogP contribution in [0.4, 0.5) is 0 Å². The Balaban J connectivity index is 2.26. The monoisotopic (exact) mass is 193 g/mol. The molecule has 5 nitrogen and oxygen atoms in total. The van der Waals surface area contributed by atoms with Crippen LogP contribution in [0.15, 0.2) is 27.3 Å². The third-order valence-corrected chi connectivity index (χ3v) is 1.99. The highest BCUT2D eigenvalue weighted by Crippen LogP contribution is 2.18. The zero-order chi connectivity index (χ0) is 9.97. The van der Waals surface area contributed by atoms with Crippen LogP contribution < -0.4 is 5.32 Å². The largest absolute Gasteiger partial charge is 0.459 e. The molecule has 0 bridgehead atoms. The Morgan fingerprint density at radius 3 is 3.00 bits per heavy atom.